The Balaban J connectivity index is 2.97. The minimum atomic E-state index is -0.574. The molecular weight excluding hydrogens is 181 g/mol. The molecule has 0 amide bonds. The molecule has 0 saturated carbocycles. The lowest BCUT2D eigenvalue weighted by atomic mass is 10.2. The van der Waals surface area contributed by atoms with Gasteiger partial charge in [-0.15, -0.1) is 0 Å². The highest BCUT2D eigenvalue weighted by molar-refractivity contribution is 6.17. The van der Waals surface area contributed by atoms with E-state index in [2.05, 4.69) is 0 Å². The first-order valence-corrected chi connectivity index (χ1v) is 3.70. The van der Waals surface area contributed by atoms with Crippen molar-refractivity contribution in [2.45, 2.75) is 0 Å². The molecule has 1 aromatic rings. The van der Waals surface area contributed by atoms with Crippen LogP contribution in [0.15, 0.2) is 18.2 Å². The highest BCUT2D eigenvalue weighted by atomic mass is 35.5. The van der Waals surface area contributed by atoms with E-state index in [0.29, 0.717) is 0 Å². The van der Waals surface area contributed by atoms with Crippen molar-refractivity contribution >= 4 is 11.6 Å². The number of halogens is 2. The Bertz CT molecular complexity index is 321. The van der Waals surface area contributed by atoms with Crippen molar-refractivity contribution in [1.29, 1.82) is 5.26 Å². The van der Waals surface area contributed by atoms with Crippen molar-refractivity contribution in [3.63, 3.8) is 0 Å². The Morgan fingerprint density at radius 2 is 2.33 bits per heavy atom. The normalized spacial score (nSPS) is 9.08. The van der Waals surface area contributed by atoms with Crippen LogP contribution in [0.25, 0.3) is 0 Å². The predicted molar refractivity (Wildman–Crippen MR) is 42.5 cm³/mol. The van der Waals surface area contributed by atoms with Gasteiger partial charge in [0.2, 0.25) is 0 Å². The van der Waals surface area contributed by atoms with Crippen LogP contribution in [0.5, 0.6) is 5.75 Å². The van der Waals surface area contributed by atoms with Gasteiger partial charge in [-0.25, -0.2) is 4.39 Å². The Morgan fingerprint density at radius 3 is 2.83 bits per heavy atom. The van der Waals surface area contributed by atoms with Crippen LogP contribution in [0.2, 0.25) is 0 Å². The van der Waals surface area contributed by atoms with Crippen molar-refractivity contribution in [3.8, 4) is 11.8 Å². The third-order valence-electron chi connectivity index (χ3n) is 1.27. The number of ether oxygens (including phenoxy) is 1. The zero-order chi connectivity index (χ0) is 8.97. The SMILES string of the molecule is N#Cc1ccc(OCCl)c(F)c1. The maximum absolute atomic E-state index is 12.9. The number of nitrogens with zero attached hydrogens (tertiary/aromatic N) is 1. The summed E-state index contributed by atoms with van der Waals surface area (Å²) in [5.41, 5.74) is 0.259. The number of hydrogen-bond donors (Lipinski definition) is 0. The number of hydrogen-bond acceptors (Lipinski definition) is 2. The third kappa shape index (κ3) is 1.86. The van der Waals surface area contributed by atoms with Gasteiger partial charge in [0.05, 0.1) is 11.6 Å². The van der Waals surface area contributed by atoms with E-state index in [1.807, 2.05) is 6.07 Å². The molecule has 4 heteroatoms. The standard InChI is InChI=1S/C8H5ClFNO/c9-5-12-8-2-1-6(4-11)3-7(8)10/h1-3H,5H2. The summed E-state index contributed by atoms with van der Waals surface area (Å²) in [5, 5.41) is 8.40. The molecule has 0 aliphatic rings. The van der Waals surface area contributed by atoms with Gasteiger partial charge in [-0.05, 0) is 18.2 Å². The third-order valence-corrected chi connectivity index (χ3v) is 1.38. The van der Waals surface area contributed by atoms with Gasteiger partial charge >= 0.3 is 0 Å². The monoisotopic (exact) mass is 185 g/mol. The van der Waals surface area contributed by atoms with Gasteiger partial charge in [0.25, 0.3) is 0 Å². The molecule has 0 heterocycles. The lowest BCUT2D eigenvalue weighted by molar-refractivity contribution is 0.363. The predicted octanol–water partition coefficient (Wildman–Crippen LogP) is 2.27. The van der Waals surface area contributed by atoms with Crippen LogP contribution in [0, 0.1) is 17.1 Å². The molecule has 0 spiro atoms. The molecule has 62 valence electrons. The van der Waals surface area contributed by atoms with E-state index >= 15 is 0 Å². The molecule has 0 bridgehead atoms. The summed E-state index contributed by atoms with van der Waals surface area (Å²) < 4.78 is 17.6. The molecule has 1 rings (SSSR count). The zero-order valence-corrected chi connectivity index (χ0v) is 6.81. The van der Waals surface area contributed by atoms with Gasteiger partial charge in [0, 0.05) is 0 Å². The molecule has 1 aromatic carbocycles. The molecule has 0 aromatic heterocycles. The van der Waals surface area contributed by atoms with Crippen molar-refractivity contribution in [1.82, 2.24) is 0 Å². The van der Waals surface area contributed by atoms with Crippen LogP contribution in [0.4, 0.5) is 4.39 Å². The van der Waals surface area contributed by atoms with Gasteiger partial charge < -0.3 is 4.74 Å². The Kier molecular flexibility index (Phi) is 2.89. The average molecular weight is 186 g/mol. The lowest BCUT2D eigenvalue weighted by Gasteiger charge is -2.01. The Morgan fingerprint density at radius 1 is 1.58 bits per heavy atom. The summed E-state index contributed by atoms with van der Waals surface area (Å²) in [7, 11) is 0. The fraction of sp³-hybridized carbons (Fsp3) is 0.125. The van der Waals surface area contributed by atoms with Gasteiger partial charge in [-0.1, -0.05) is 11.6 Å². The molecule has 12 heavy (non-hydrogen) atoms. The highest BCUT2D eigenvalue weighted by Gasteiger charge is 2.02. The molecule has 0 fully saturated rings. The van der Waals surface area contributed by atoms with Crippen LogP contribution >= 0.6 is 11.6 Å². The van der Waals surface area contributed by atoms with E-state index in [4.69, 9.17) is 21.6 Å². The number of alkyl halides is 1. The van der Waals surface area contributed by atoms with E-state index in [-0.39, 0.29) is 17.4 Å². The minimum absolute atomic E-state index is 0.0593. The fourth-order valence-electron chi connectivity index (χ4n) is 0.746. The molecule has 0 aliphatic heterocycles. The molecule has 0 radical (unpaired) electrons. The van der Waals surface area contributed by atoms with Crippen LogP contribution < -0.4 is 4.74 Å². The summed E-state index contributed by atoms with van der Waals surface area (Å²) in [5.74, 6) is -0.515. The maximum atomic E-state index is 12.9. The average Bonchev–Trinajstić information content (AvgIpc) is 2.09. The van der Waals surface area contributed by atoms with Crippen molar-refractivity contribution in [2.75, 3.05) is 6.07 Å². The summed E-state index contributed by atoms with van der Waals surface area (Å²) in [6, 6.07) is 5.63. The quantitative estimate of drug-likeness (QED) is 0.663. The fourth-order valence-corrected chi connectivity index (χ4v) is 0.864. The highest BCUT2D eigenvalue weighted by Crippen LogP contribution is 2.17. The van der Waals surface area contributed by atoms with E-state index < -0.39 is 5.82 Å². The largest absolute Gasteiger partial charge is 0.475 e. The van der Waals surface area contributed by atoms with Gasteiger partial charge in [-0.2, -0.15) is 5.26 Å². The van der Waals surface area contributed by atoms with Crippen LogP contribution in [-0.4, -0.2) is 6.07 Å². The molecule has 0 aliphatic carbocycles. The molecule has 0 N–H and O–H groups in total. The first kappa shape index (κ1) is 8.82. The van der Waals surface area contributed by atoms with Gasteiger partial charge in [0.1, 0.15) is 0 Å². The van der Waals surface area contributed by atoms with E-state index in [1.54, 1.807) is 0 Å². The van der Waals surface area contributed by atoms with Crippen molar-refractivity contribution < 1.29 is 9.13 Å². The summed E-state index contributed by atoms with van der Waals surface area (Å²) in [6.45, 7) is 0. The molecule has 0 saturated heterocycles. The lowest BCUT2D eigenvalue weighted by Crippen LogP contribution is -1.92. The van der Waals surface area contributed by atoms with Crippen LogP contribution in [0.3, 0.4) is 0 Å². The first-order valence-electron chi connectivity index (χ1n) is 3.16. The second kappa shape index (κ2) is 3.93. The van der Waals surface area contributed by atoms with Crippen molar-refractivity contribution in [3.05, 3.63) is 29.6 Å². The Labute approximate surface area is 74.1 Å². The minimum Gasteiger partial charge on any atom is -0.475 e. The number of benzene rings is 1. The topological polar surface area (TPSA) is 33.0 Å². The van der Waals surface area contributed by atoms with Crippen molar-refractivity contribution in [2.24, 2.45) is 0 Å². The van der Waals surface area contributed by atoms with E-state index in [1.165, 1.54) is 12.1 Å². The summed E-state index contributed by atoms with van der Waals surface area (Å²) >= 11 is 5.23. The van der Waals surface area contributed by atoms with Gasteiger partial charge in [-0.3, -0.25) is 0 Å². The summed E-state index contributed by atoms with van der Waals surface area (Å²) in [6.07, 6.45) is 0. The smallest absolute Gasteiger partial charge is 0.166 e. The second-order valence-corrected chi connectivity index (χ2v) is 2.23. The van der Waals surface area contributed by atoms with Crippen LogP contribution in [-0.2, 0) is 0 Å². The molecule has 0 atom stereocenters. The first-order chi connectivity index (χ1) is 5.77. The van der Waals surface area contributed by atoms with Gasteiger partial charge in [0.15, 0.2) is 17.6 Å². The Hall–Kier alpha value is -1.27. The number of nitriles is 1. The van der Waals surface area contributed by atoms with Crippen LogP contribution in [0.1, 0.15) is 5.56 Å². The second-order valence-electron chi connectivity index (χ2n) is 2.01. The molecule has 0 unspecified atom stereocenters. The molecular formula is C8H5ClFNO. The molecule has 2 nitrogen and oxygen atoms in total. The summed E-state index contributed by atoms with van der Waals surface area (Å²) in [4.78, 5) is 0. The van der Waals surface area contributed by atoms with E-state index in [0.717, 1.165) is 6.07 Å². The number of rotatable bonds is 2. The van der Waals surface area contributed by atoms with E-state index in [9.17, 15) is 4.39 Å². The zero-order valence-electron chi connectivity index (χ0n) is 6.05. The maximum Gasteiger partial charge on any atom is 0.166 e.